The summed E-state index contributed by atoms with van der Waals surface area (Å²) in [5, 5.41) is 9.83. The second-order valence-corrected chi connectivity index (χ2v) is 28.5. The minimum Gasteiger partial charge on any atom is -0.310 e. The van der Waals surface area contributed by atoms with Crippen molar-refractivity contribution in [2.24, 2.45) is 0 Å². The highest BCUT2D eigenvalue weighted by atomic mass is 15.1. The van der Waals surface area contributed by atoms with E-state index in [1.165, 1.54) is 154 Å². The molecule has 0 atom stereocenters. The van der Waals surface area contributed by atoms with Crippen LogP contribution in [-0.4, -0.2) is 0 Å². The largest absolute Gasteiger partial charge is 0.310 e. The van der Waals surface area contributed by atoms with Crippen LogP contribution in [0.5, 0.6) is 0 Å². The van der Waals surface area contributed by atoms with Crippen molar-refractivity contribution in [3.05, 3.63) is 433 Å². The molecule has 104 heavy (non-hydrogen) atoms. The van der Waals surface area contributed by atoms with E-state index in [0.29, 0.717) is 0 Å². The number of para-hydroxylation sites is 3. The fraction of sp³-hybridized carbons (Fsp3) is 0.0196. The van der Waals surface area contributed by atoms with E-state index in [1.807, 2.05) is 0 Å². The smallest absolute Gasteiger partial charge is 0.0725 e. The Hall–Kier alpha value is -13.4. The maximum Gasteiger partial charge on any atom is 0.0725 e. The summed E-state index contributed by atoms with van der Waals surface area (Å²) >= 11 is 0. The van der Waals surface area contributed by atoms with Crippen LogP contribution < -0.4 is 9.80 Å². The molecule has 0 bridgehead atoms. The molecule has 18 aromatic rings. The number of hydrogen-bond acceptors (Lipinski definition) is 2. The zero-order valence-electron chi connectivity index (χ0n) is 56.8. The first-order valence-corrected chi connectivity index (χ1v) is 36.3. The molecule has 0 heterocycles. The van der Waals surface area contributed by atoms with Gasteiger partial charge in [-0.1, -0.05) is 291 Å². The van der Waals surface area contributed by atoms with Crippen LogP contribution in [0.2, 0.25) is 0 Å². The van der Waals surface area contributed by atoms with Crippen molar-refractivity contribution >= 4 is 77.2 Å². The van der Waals surface area contributed by atoms with Crippen molar-refractivity contribution in [2.45, 2.75) is 10.8 Å². The van der Waals surface area contributed by atoms with Crippen LogP contribution in [0, 0.1) is 0 Å². The van der Waals surface area contributed by atoms with Crippen molar-refractivity contribution in [1.29, 1.82) is 0 Å². The second-order valence-electron chi connectivity index (χ2n) is 28.5. The molecule has 0 amide bonds. The molecule has 18 aromatic carbocycles. The highest BCUT2D eigenvalue weighted by Crippen LogP contribution is 2.67. The average molecular weight is 1320 g/mol. The standard InChI is InChI=1S/C102H64N2/c1-4-25-65(26-5-1)67-28-23-35-76(58-67)103(74-31-6-2-7-32-74)77-52-49-68-62-89-97(63-72(68)59-77)102(92-46-19-14-40-85(92)86-41-15-20-47-93(86)102)95-56-54-82-79(42-24-43-87(82)100(89)95)70-29-22-30-71(57-70)80-36-16-21-48-98(80)104(75-33-8-3-9-34-75)78-53-50-69-61-88-96(64-73(69)60-78)101(94-55-51-66-27-10-11-37-81(66)99(88)94)90-44-17-12-38-83(90)84-39-13-18-45-91(84)101/h1-64H. The third-order valence-electron chi connectivity index (χ3n) is 23.4. The summed E-state index contributed by atoms with van der Waals surface area (Å²) in [6.07, 6.45) is 0. The van der Waals surface area contributed by atoms with Gasteiger partial charge in [-0.15, -0.1) is 0 Å². The lowest BCUT2D eigenvalue weighted by atomic mass is 9.70. The van der Waals surface area contributed by atoms with Crippen LogP contribution in [0.15, 0.2) is 388 Å². The number of nitrogens with zero attached hydrogens (tertiary/aromatic N) is 2. The Balaban J connectivity index is 0.688. The molecular weight excluding hydrogens is 1250 g/mol. The summed E-state index contributed by atoms with van der Waals surface area (Å²) in [7, 11) is 0. The van der Waals surface area contributed by atoms with Crippen molar-refractivity contribution in [3.8, 4) is 77.9 Å². The summed E-state index contributed by atoms with van der Waals surface area (Å²) < 4.78 is 0. The third kappa shape index (κ3) is 8.28. The molecule has 0 aromatic heterocycles. The van der Waals surface area contributed by atoms with Gasteiger partial charge in [0.2, 0.25) is 0 Å². The van der Waals surface area contributed by atoms with Crippen molar-refractivity contribution in [3.63, 3.8) is 0 Å². The maximum absolute atomic E-state index is 2.54. The lowest BCUT2D eigenvalue weighted by Crippen LogP contribution is -2.25. The Bertz CT molecular complexity index is 6530. The van der Waals surface area contributed by atoms with Gasteiger partial charge in [-0.3, -0.25) is 0 Å². The Morgan fingerprint density at radius 3 is 1.17 bits per heavy atom. The normalized spacial score (nSPS) is 13.3. The fourth-order valence-corrected chi connectivity index (χ4v) is 19.1. The highest BCUT2D eigenvalue weighted by molar-refractivity contribution is 6.14. The number of benzene rings is 18. The van der Waals surface area contributed by atoms with Gasteiger partial charge in [0.05, 0.1) is 16.5 Å². The second kappa shape index (κ2) is 22.6. The fourth-order valence-electron chi connectivity index (χ4n) is 19.1. The van der Waals surface area contributed by atoms with Gasteiger partial charge in [-0.2, -0.15) is 0 Å². The van der Waals surface area contributed by atoms with Crippen molar-refractivity contribution < 1.29 is 0 Å². The van der Waals surface area contributed by atoms with E-state index in [0.717, 1.165) is 45.3 Å². The molecule has 0 fully saturated rings. The molecule has 2 nitrogen and oxygen atoms in total. The third-order valence-corrected chi connectivity index (χ3v) is 23.4. The maximum atomic E-state index is 2.54. The molecule has 0 saturated carbocycles. The van der Waals surface area contributed by atoms with Crippen LogP contribution >= 0.6 is 0 Å². The molecule has 22 rings (SSSR count). The van der Waals surface area contributed by atoms with E-state index >= 15 is 0 Å². The number of hydrogen-bond donors (Lipinski definition) is 0. The molecule has 0 saturated heterocycles. The number of anilines is 6. The summed E-state index contributed by atoms with van der Waals surface area (Å²) in [6, 6.07) is 146. The Morgan fingerprint density at radius 2 is 0.567 bits per heavy atom. The zero-order valence-corrected chi connectivity index (χ0v) is 56.8. The topological polar surface area (TPSA) is 6.48 Å². The molecule has 0 aliphatic heterocycles. The van der Waals surface area contributed by atoms with Crippen LogP contribution in [-0.2, 0) is 10.8 Å². The Labute approximate surface area is 604 Å². The first kappa shape index (κ1) is 58.4. The quantitative estimate of drug-likeness (QED) is 0.142. The minimum absolute atomic E-state index is 0.487. The van der Waals surface area contributed by atoms with Crippen molar-refractivity contribution in [2.75, 3.05) is 9.80 Å². The Kier molecular flexibility index (Phi) is 12.7. The molecule has 4 aliphatic carbocycles. The molecule has 0 radical (unpaired) electrons. The summed E-state index contributed by atoms with van der Waals surface area (Å²) in [5.74, 6) is 0. The van der Waals surface area contributed by atoms with E-state index < -0.39 is 10.8 Å². The summed E-state index contributed by atoms with van der Waals surface area (Å²) in [4.78, 5) is 4.87. The number of fused-ring (bicyclic) bond motifs is 26. The van der Waals surface area contributed by atoms with E-state index in [1.54, 1.807) is 0 Å². The van der Waals surface area contributed by atoms with Gasteiger partial charge in [0.1, 0.15) is 0 Å². The summed E-state index contributed by atoms with van der Waals surface area (Å²) in [6.45, 7) is 0. The SMILES string of the molecule is c1ccc(-c2cccc(N(c3ccccc3)c3ccc4cc5c(cc4c3)C3(c4ccccc4-c4ccccc43)c3ccc4c(-c6cccc(-c7ccccc7N(c7ccccc7)c7ccc8cc9c(cc8c7)C7(c8ccccc8-c8ccccc87)c7ccc8ccccc8c7-9)c6)cccc4c3-5)c2)cc1. The molecular formula is C102H64N2. The van der Waals surface area contributed by atoms with Crippen LogP contribution in [0.3, 0.4) is 0 Å². The van der Waals surface area contributed by atoms with Gasteiger partial charge < -0.3 is 9.80 Å². The predicted octanol–water partition coefficient (Wildman–Crippen LogP) is 26.9. The van der Waals surface area contributed by atoms with Gasteiger partial charge in [-0.25, -0.2) is 0 Å². The van der Waals surface area contributed by atoms with E-state index in [4.69, 9.17) is 0 Å². The molecule has 2 heteroatoms. The van der Waals surface area contributed by atoms with Gasteiger partial charge in [0.15, 0.2) is 0 Å². The van der Waals surface area contributed by atoms with Gasteiger partial charge in [0, 0.05) is 34.0 Å². The van der Waals surface area contributed by atoms with E-state index in [2.05, 4.69) is 398 Å². The van der Waals surface area contributed by atoms with Gasteiger partial charge in [-0.05, 0) is 257 Å². The van der Waals surface area contributed by atoms with Crippen LogP contribution in [0.1, 0.15) is 44.5 Å². The highest BCUT2D eigenvalue weighted by Gasteiger charge is 2.54. The van der Waals surface area contributed by atoms with Crippen molar-refractivity contribution in [1.82, 2.24) is 0 Å². The Morgan fingerprint density at radius 1 is 0.163 bits per heavy atom. The first-order valence-electron chi connectivity index (χ1n) is 36.3. The van der Waals surface area contributed by atoms with Crippen LogP contribution in [0.25, 0.3) is 121 Å². The monoisotopic (exact) mass is 1320 g/mol. The van der Waals surface area contributed by atoms with Gasteiger partial charge in [0.25, 0.3) is 0 Å². The molecule has 0 N–H and O–H groups in total. The minimum atomic E-state index is -0.563. The first-order chi connectivity index (χ1) is 51.6. The lowest BCUT2D eigenvalue weighted by Gasteiger charge is -2.31. The van der Waals surface area contributed by atoms with E-state index in [-0.39, 0.29) is 0 Å². The van der Waals surface area contributed by atoms with Gasteiger partial charge >= 0.3 is 0 Å². The molecule has 0 unspecified atom stereocenters. The summed E-state index contributed by atoms with van der Waals surface area (Å²) in [5.41, 5.74) is 33.7. The molecule has 4 aliphatic rings. The average Bonchev–Trinajstić information content (AvgIpc) is 1.51. The predicted molar refractivity (Wildman–Crippen MR) is 435 cm³/mol. The van der Waals surface area contributed by atoms with E-state index in [9.17, 15) is 0 Å². The molecule has 482 valence electrons. The lowest BCUT2D eigenvalue weighted by molar-refractivity contribution is 0.795. The number of rotatable bonds is 9. The molecule has 2 spiro atoms. The van der Waals surface area contributed by atoms with Crippen LogP contribution in [0.4, 0.5) is 34.1 Å². The zero-order chi connectivity index (χ0) is 68.2.